The van der Waals surface area contributed by atoms with E-state index < -0.39 is 5.97 Å². The smallest absolute Gasteiger partial charge is 0.303 e. The summed E-state index contributed by atoms with van der Waals surface area (Å²) in [5, 5.41) is 18.4. The first-order chi connectivity index (χ1) is 17.8. The molecule has 4 N–H and O–H groups in total. The zero-order valence-corrected chi connectivity index (χ0v) is 25.9. The molecule has 1 heterocycles. The quantitative estimate of drug-likeness (QED) is 0.210. The molecule has 0 aromatic heterocycles. The highest BCUT2D eigenvalue weighted by atomic mass is 16.5. The molecular formula is C33H59NO4. The number of fused-ring (bicyclic) bond motifs is 1. The summed E-state index contributed by atoms with van der Waals surface area (Å²) in [6.07, 6.45) is 14.8. The molecule has 38 heavy (non-hydrogen) atoms. The molecule has 0 radical (unpaired) electrons. The van der Waals surface area contributed by atoms with E-state index in [9.17, 15) is 9.90 Å². The second-order valence-corrected chi connectivity index (χ2v) is 12.7. The lowest BCUT2D eigenvalue weighted by atomic mass is 9.84. The average Bonchev–Trinajstić information content (AvgIpc) is 2.85. The summed E-state index contributed by atoms with van der Waals surface area (Å²) in [4.78, 5) is 9.70. The zero-order chi connectivity index (χ0) is 28.9. The molecule has 0 aliphatic carbocycles. The second kappa shape index (κ2) is 17.0. The van der Waals surface area contributed by atoms with Gasteiger partial charge in [-0.1, -0.05) is 72.6 Å². The number of carboxylic acids is 1. The Kier molecular flexibility index (Phi) is 15.4. The highest BCUT2D eigenvalue weighted by Gasteiger charge is 2.34. The molecule has 0 unspecified atom stereocenters. The van der Waals surface area contributed by atoms with E-state index >= 15 is 0 Å². The largest absolute Gasteiger partial charge is 0.507 e. The summed E-state index contributed by atoms with van der Waals surface area (Å²) < 4.78 is 6.60. The van der Waals surface area contributed by atoms with E-state index in [1.807, 2.05) is 13.8 Å². The first kappa shape index (κ1) is 34.3. The molecular weight excluding hydrogens is 474 g/mol. The Hall–Kier alpha value is -1.75. The fraction of sp³-hybridized carbons (Fsp3) is 0.788. The fourth-order valence-corrected chi connectivity index (χ4v) is 5.53. The van der Waals surface area contributed by atoms with Crippen LogP contribution in [0, 0.1) is 38.5 Å². The summed E-state index contributed by atoms with van der Waals surface area (Å²) >= 11 is 0. The Labute approximate surface area is 233 Å². The molecule has 5 heteroatoms. The van der Waals surface area contributed by atoms with E-state index in [4.69, 9.17) is 15.6 Å². The van der Waals surface area contributed by atoms with E-state index in [1.165, 1.54) is 56.9 Å². The molecule has 1 aromatic rings. The molecule has 0 saturated carbocycles. The SMILES string of the molecule is Cc1c(C)c2c(c(C)c1O)CC[C@@](C)(CCC[C@H](C)CCC[C@H](C)CCCC(C)C)O2.NCCCC(=O)O. The number of carbonyl (C=O) groups is 1. The van der Waals surface area contributed by atoms with Crippen molar-refractivity contribution in [2.45, 2.75) is 144 Å². The fourth-order valence-electron chi connectivity index (χ4n) is 5.53. The van der Waals surface area contributed by atoms with Gasteiger partial charge in [0, 0.05) is 12.0 Å². The zero-order valence-electron chi connectivity index (χ0n) is 25.9. The van der Waals surface area contributed by atoms with Gasteiger partial charge < -0.3 is 20.7 Å². The van der Waals surface area contributed by atoms with Gasteiger partial charge >= 0.3 is 5.97 Å². The Morgan fingerprint density at radius 1 is 0.895 bits per heavy atom. The van der Waals surface area contributed by atoms with Crippen LogP contribution in [0.1, 0.15) is 134 Å². The lowest BCUT2D eigenvalue weighted by molar-refractivity contribution is -0.137. The first-order valence-electron chi connectivity index (χ1n) is 15.2. The van der Waals surface area contributed by atoms with Crippen LogP contribution in [0.4, 0.5) is 0 Å². The second-order valence-electron chi connectivity index (χ2n) is 12.7. The highest BCUT2D eigenvalue weighted by Crippen LogP contribution is 2.44. The van der Waals surface area contributed by atoms with Crippen molar-refractivity contribution in [1.29, 1.82) is 0 Å². The number of phenolic OH excluding ortho intramolecular Hbond substituents is 1. The lowest BCUT2D eigenvalue weighted by Gasteiger charge is -2.38. The molecule has 1 aliphatic rings. The van der Waals surface area contributed by atoms with Crippen LogP contribution in [-0.4, -0.2) is 28.3 Å². The van der Waals surface area contributed by atoms with E-state index in [0.717, 1.165) is 59.5 Å². The van der Waals surface area contributed by atoms with Gasteiger partial charge in [-0.2, -0.15) is 0 Å². The minimum atomic E-state index is -0.773. The normalized spacial score (nSPS) is 18.3. The predicted octanol–water partition coefficient (Wildman–Crippen LogP) is 8.65. The first-order valence-corrected chi connectivity index (χ1v) is 15.2. The highest BCUT2D eigenvalue weighted by molar-refractivity contribution is 5.66. The number of rotatable bonds is 15. The van der Waals surface area contributed by atoms with Gasteiger partial charge in [0.05, 0.1) is 0 Å². The van der Waals surface area contributed by atoms with Crippen molar-refractivity contribution in [2.24, 2.45) is 23.5 Å². The summed E-state index contributed by atoms with van der Waals surface area (Å²) in [6, 6.07) is 0. The van der Waals surface area contributed by atoms with Crippen molar-refractivity contribution in [3.05, 3.63) is 22.3 Å². The number of ether oxygens (including phenoxy) is 1. The van der Waals surface area contributed by atoms with Crippen LogP contribution in [0.3, 0.4) is 0 Å². The molecule has 1 aromatic carbocycles. The molecule has 0 bridgehead atoms. The third kappa shape index (κ3) is 12.0. The van der Waals surface area contributed by atoms with Crippen molar-refractivity contribution in [3.63, 3.8) is 0 Å². The van der Waals surface area contributed by atoms with E-state index in [0.29, 0.717) is 18.7 Å². The number of benzene rings is 1. The minimum absolute atomic E-state index is 0.0712. The molecule has 0 saturated heterocycles. The van der Waals surface area contributed by atoms with Crippen LogP contribution in [-0.2, 0) is 11.2 Å². The van der Waals surface area contributed by atoms with Gasteiger partial charge in [0.1, 0.15) is 17.1 Å². The number of hydrogen-bond acceptors (Lipinski definition) is 4. The number of carboxylic acid groups (broad SMARTS) is 1. The van der Waals surface area contributed by atoms with E-state index in [2.05, 4.69) is 41.5 Å². The maximum atomic E-state index is 10.4. The minimum Gasteiger partial charge on any atom is -0.507 e. The topological polar surface area (TPSA) is 92.8 Å². The number of aromatic hydroxyl groups is 1. The number of phenols is 1. The van der Waals surface area contributed by atoms with E-state index in [-0.39, 0.29) is 12.0 Å². The molecule has 0 fully saturated rings. The average molecular weight is 534 g/mol. The van der Waals surface area contributed by atoms with Crippen LogP contribution in [0.25, 0.3) is 0 Å². The van der Waals surface area contributed by atoms with Gasteiger partial charge in [-0.05, 0) is 101 Å². The van der Waals surface area contributed by atoms with Gasteiger partial charge in [-0.3, -0.25) is 4.79 Å². The van der Waals surface area contributed by atoms with Crippen molar-refractivity contribution in [2.75, 3.05) is 6.54 Å². The van der Waals surface area contributed by atoms with Gasteiger partial charge in [0.15, 0.2) is 0 Å². The number of aliphatic carboxylic acids is 1. The summed E-state index contributed by atoms with van der Waals surface area (Å²) in [5.41, 5.74) is 9.24. The molecule has 5 nitrogen and oxygen atoms in total. The number of nitrogens with two attached hydrogens (primary N) is 1. The van der Waals surface area contributed by atoms with Crippen molar-refractivity contribution < 1.29 is 19.7 Å². The Bertz CT molecular complexity index is 850. The monoisotopic (exact) mass is 533 g/mol. The lowest BCUT2D eigenvalue weighted by Crippen LogP contribution is -2.37. The third-order valence-electron chi connectivity index (χ3n) is 8.46. The Morgan fingerprint density at radius 3 is 1.95 bits per heavy atom. The van der Waals surface area contributed by atoms with E-state index in [1.54, 1.807) is 0 Å². The molecule has 2 rings (SSSR count). The Morgan fingerprint density at radius 2 is 1.45 bits per heavy atom. The predicted molar refractivity (Wildman–Crippen MR) is 160 cm³/mol. The summed E-state index contributed by atoms with van der Waals surface area (Å²) in [5.74, 6) is 3.26. The van der Waals surface area contributed by atoms with Crippen LogP contribution in [0.15, 0.2) is 0 Å². The summed E-state index contributed by atoms with van der Waals surface area (Å²) in [6.45, 7) is 18.4. The van der Waals surface area contributed by atoms with Gasteiger partial charge in [-0.25, -0.2) is 0 Å². The van der Waals surface area contributed by atoms with Crippen LogP contribution >= 0.6 is 0 Å². The van der Waals surface area contributed by atoms with Crippen molar-refractivity contribution >= 4 is 5.97 Å². The Balaban J connectivity index is 0.000000905. The molecule has 1 aliphatic heterocycles. The van der Waals surface area contributed by atoms with Gasteiger partial charge in [0.25, 0.3) is 0 Å². The van der Waals surface area contributed by atoms with Gasteiger partial charge in [-0.15, -0.1) is 0 Å². The summed E-state index contributed by atoms with van der Waals surface area (Å²) in [7, 11) is 0. The third-order valence-corrected chi connectivity index (χ3v) is 8.46. The molecule has 3 atom stereocenters. The van der Waals surface area contributed by atoms with Crippen LogP contribution in [0.5, 0.6) is 11.5 Å². The maximum Gasteiger partial charge on any atom is 0.303 e. The van der Waals surface area contributed by atoms with Gasteiger partial charge in [0.2, 0.25) is 0 Å². The van der Waals surface area contributed by atoms with Crippen molar-refractivity contribution in [1.82, 2.24) is 0 Å². The standard InChI is InChI=1S/C29H50O2.C4H9NO2/c1-20(2)12-9-13-21(3)14-10-15-22(4)16-11-18-29(8)19-17-26-25(7)27(30)23(5)24(6)28(26)31-29;5-3-1-2-4(6)7/h20-22,30H,9-19H2,1-8H3;1-3,5H2,(H,6,7)/t21-,22-,29-;/m1./s1. The van der Waals surface area contributed by atoms with Crippen molar-refractivity contribution in [3.8, 4) is 11.5 Å². The number of hydrogen-bond donors (Lipinski definition) is 3. The van der Waals surface area contributed by atoms with Crippen LogP contribution < -0.4 is 10.5 Å². The molecule has 220 valence electrons. The maximum absolute atomic E-state index is 10.4. The van der Waals surface area contributed by atoms with Crippen LogP contribution in [0.2, 0.25) is 0 Å². The molecule has 0 amide bonds. The molecule has 0 spiro atoms.